The molecule has 0 bridgehead atoms. The molecule has 1 aliphatic rings. The molecule has 0 spiro atoms. The Morgan fingerprint density at radius 1 is 1.24 bits per heavy atom. The fourth-order valence-corrected chi connectivity index (χ4v) is 3.42. The zero-order valence-corrected chi connectivity index (χ0v) is 10.5. The fourth-order valence-electron chi connectivity index (χ4n) is 2.57. The van der Waals surface area contributed by atoms with Crippen molar-refractivity contribution in [2.75, 3.05) is 18.0 Å². The van der Waals surface area contributed by atoms with Gasteiger partial charge in [0.25, 0.3) is 0 Å². The highest BCUT2D eigenvalue weighted by Crippen LogP contribution is 2.35. The number of fused-ring (bicyclic) bond motifs is 1. The third kappa shape index (κ3) is 1.85. The Balaban J connectivity index is 1.95. The molecular formula is C14H16N2S. The van der Waals surface area contributed by atoms with Gasteiger partial charge in [0, 0.05) is 23.7 Å². The van der Waals surface area contributed by atoms with Crippen LogP contribution >= 0.6 is 11.3 Å². The van der Waals surface area contributed by atoms with Gasteiger partial charge in [0.2, 0.25) is 0 Å². The van der Waals surface area contributed by atoms with E-state index in [1.165, 1.54) is 16.1 Å². The van der Waals surface area contributed by atoms with E-state index in [1.807, 2.05) is 0 Å². The third-order valence-electron chi connectivity index (χ3n) is 3.39. The van der Waals surface area contributed by atoms with Crippen molar-refractivity contribution in [3.8, 4) is 0 Å². The van der Waals surface area contributed by atoms with E-state index in [2.05, 4.69) is 46.7 Å². The molecule has 1 aliphatic heterocycles. The van der Waals surface area contributed by atoms with Crippen LogP contribution in [0.2, 0.25) is 0 Å². The van der Waals surface area contributed by atoms with Crippen LogP contribution in [0.5, 0.6) is 0 Å². The predicted molar refractivity (Wildman–Crippen MR) is 73.6 cm³/mol. The molecule has 2 aromatic rings. The molecule has 0 radical (unpaired) electrons. The van der Waals surface area contributed by atoms with E-state index in [9.17, 15) is 0 Å². The van der Waals surface area contributed by atoms with Crippen LogP contribution in [0.25, 0.3) is 0 Å². The van der Waals surface area contributed by atoms with E-state index in [0.29, 0.717) is 12.6 Å². The van der Waals surface area contributed by atoms with Crippen LogP contribution in [-0.2, 0) is 6.42 Å². The van der Waals surface area contributed by atoms with Crippen LogP contribution in [0.1, 0.15) is 16.5 Å². The van der Waals surface area contributed by atoms with Crippen molar-refractivity contribution in [3.05, 3.63) is 52.2 Å². The molecule has 0 saturated carbocycles. The summed E-state index contributed by atoms with van der Waals surface area (Å²) < 4.78 is 0. The van der Waals surface area contributed by atoms with Gasteiger partial charge in [0.15, 0.2) is 0 Å². The summed E-state index contributed by atoms with van der Waals surface area (Å²) in [4.78, 5) is 3.81. The summed E-state index contributed by atoms with van der Waals surface area (Å²) in [6.07, 6.45) is 1.14. The minimum Gasteiger partial charge on any atom is -0.362 e. The highest BCUT2D eigenvalue weighted by atomic mass is 32.1. The third-order valence-corrected chi connectivity index (χ3v) is 4.37. The first kappa shape index (κ1) is 10.8. The maximum Gasteiger partial charge on any atom is 0.0757 e. The first-order valence-corrected chi connectivity index (χ1v) is 6.86. The summed E-state index contributed by atoms with van der Waals surface area (Å²) in [7, 11) is 0. The van der Waals surface area contributed by atoms with Gasteiger partial charge in [-0.15, -0.1) is 11.3 Å². The number of anilines is 1. The Kier molecular flexibility index (Phi) is 2.87. The normalized spacial score (nSPS) is 15.9. The summed E-state index contributed by atoms with van der Waals surface area (Å²) in [5.41, 5.74) is 8.77. The summed E-state index contributed by atoms with van der Waals surface area (Å²) in [6.45, 7) is 1.76. The van der Waals surface area contributed by atoms with Crippen molar-refractivity contribution in [1.29, 1.82) is 0 Å². The van der Waals surface area contributed by atoms with E-state index in [1.54, 1.807) is 11.3 Å². The Labute approximate surface area is 106 Å². The molecule has 0 aliphatic carbocycles. The molecule has 1 unspecified atom stereocenters. The van der Waals surface area contributed by atoms with Crippen molar-refractivity contribution >= 4 is 17.0 Å². The van der Waals surface area contributed by atoms with Crippen molar-refractivity contribution < 1.29 is 0 Å². The quantitative estimate of drug-likeness (QED) is 0.899. The van der Waals surface area contributed by atoms with Gasteiger partial charge in [-0.2, -0.15) is 0 Å². The second-order valence-electron chi connectivity index (χ2n) is 4.34. The first-order chi connectivity index (χ1) is 8.40. The number of para-hydroxylation sites is 1. The van der Waals surface area contributed by atoms with Crippen LogP contribution in [0.3, 0.4) is 0 Å². The van der Waals surface area contributed by atoms with E-state index < -0.39 is 0 Å². The minimum absolute atomic E-state index is 0.332. The number of hydrogen-bond acceptors (Lipinski definition) is 3. The minimum atomic E-state index is 0.332. The Bertz CT molecular complexity index is 493. The highest BCUT2D eigenvalue weighted by molar-refractivity contribution is 7.10. The number of hydrogen-bond donors (Lipinski definition) is 1. The molecule has 1 aromatic heterocycles. The fraction of sp³-hybridized carbons (Fsp3) is 0.286. The molecule has 1 atom stereocenters. The van der Waals surface area contributed by atoms with Gasteiger partial charge >= 0.3 is 0 Å². The summed E-state index contributed by atoms with van der Waals surface area (Å²) >= 11 is 1.80. The Hall–Kier alpha value is -1.32. The number of rotatable bonds is 3. The lowest BCUT2D eigenvalue weighted by atomic mass is 10.1. The molecule has 88 valence electrons. The van der Waals surface area contributed by atoms with Gasteiger partial charge in [-0.3, -0.25) is 0 Å². The van der Waals surface area contributed by atoms with Crippen molar-refractivity contribution in [1.82, 2.24) is 0 Å². The van der Waals surface area contributed by atoms with Crippen LogP contribution in [-0.4, -0.2) is 13.1 Å². The molecule has 3 heteroatoms. The number of nitrogens with two attached hydrogens (primary N) is 1. The van der Waals surface area contributed by atoms with Crippen molar-refractivity contribution in [2.45, 2.75) is 12.5 Å². The van der Waals surface area contributed by atoms with E-state index in [4.69, 9.17) is 5.73 Å². The van der Waals surface area contributed by atoms with Crippen LogP contribution in [0, 0.1) is 0 Å². The van der Waals surface area contributed by atoms with Gasteiger partial charge in [-0.1, -0.05) is 24.3 Å². The first-order valence-electron chi connectivity index (χ1n) is 5.98. The van der Waals surface area contributed by atoms with Gasteiger partial charge in [-0.25, -0.2) is 0 Å². The molecule has 17 heavy (non-hydrogen) atoms. The van der Waals surface area contributed by atoms with Crippen molar-refractivity contribution in [3.63, 3.8) is 0 Å². The number of nitrogens with zero attached hydrogens (tertiary/aromatic N) is 1. The molecule has 1 aromatic carbocycles. The molecule has 0 amide bonds. The number of benzene rings is 1. The second-order valence-corrected chi connectivity index (χ2v) is 5.32. The molecule has 0 fully saturated rings. The monoisotopic (exact) mass is 244 g/mol. The van der Waals surface area contributed by atoms with Gasteiger partial charge in [0.1, 0.15) is 0 Å². The van der Waals surface area contributed by atoms with Crippen LogP contribution < -0.4 is 10.6 Å². The zero-order valence-electron chi connectivity index (χ0n) is 9.67. The molecule has 3 rings (SSSR count). The largest absolute Gasteiger partial charge is 0.362 e. The van der Waals surface area contributed by atoms with E-state index in [-0.39, 0.29) is 0 Å². The smallest absolute Gasteiger partial charge is 0.0757 e. The topological polar surface area (TPSA) is 29.3 Å². The SMILES string of the molecule is NCC(c1cccs1)N1CCc2ccccc21. The highest BCUT2D eigenvalue weighted by Gasteiger charge is 2.26. The molecular weight excluding hydrogens is 228 g/mol. The van der Waals surface area contributed by atoms with Gasteiger partial charge in [-0.05, 0) is 29.5 Å². The maximum atomic E-state index is 5.97. The van der Waals surface area contributed by atoms with E-state index >= 15 is 0 Å². The molecule has 0 saturated heterocycles. The Morgan fingerprint density at radius 3 is 2.88 bits per heavy atom. The predicted octanol–water partition coefficient (Wildman–Crippen LogP) is 2.81. The van der Waals surface area contributed by atoms with Gasteiger partial charge in [0.05, 0.1) is 6.04 Å². The standard InChI is InChI=1S/C14H16N2S/c15-10-13(14-6-3-9-17-14)16-8-7-11-4-1-2-5-12(11)16/h1-6,9,13H,7-8,10,15H2. The zero-order chi connectivity index (χ0) is 11.7. The lowest BCUT2D eigenvalue weighted by molar-refractivity contribution is 0.659. The average molecular weight is 244 g/mol. The second kappa shape index (κ2) is 4.51. The maximum absolute atomic E-state index is 5.97. The Morgan fingerprint density at radius 2 is 2.12 bits per heavy atom. The van der Waals surface area contributed by atoms with Crippen molar-refractivity contribution in [2.24, 2.45) is 5.73 Å². The summed E-state index contributed by atoms with van der Waals surface area (Å²) in [5, 5.41) is 2.12. The number of thiophene rings is 1. The average Bonchev–Trinajstić information content (AvgIpc) is 3.01. The van der Waals surface area contributed by atoms with Crippen LogP contribution in [0.4, 0.5) is 5.69 Å². The lowest BCUT2D eigenvalue weighted by Gasteiger charge is -2.28. The molecule has 2 heterocycles. The summed E-state index contributed by atoms with van der Waals surface area (Å²) in [5.74, 6) is 0. The van der Waals surface area contributed by atoms with E-state index in [0.717, 1.165) is 13.0 Å². The van der Waals surface area contributed by atoms with Crippen LogP contribution in [0.15, 0.2) is 41.8 Å². The molecule has 2 nitrogen and oxygen atoms in total. The summed E-state index contributed by atoms with van der Waals surface area (Å²) in [6, 6.07) is 13.3. The van der Waals surface area contributed by atoms with Gasteiger partial charge < -0.3 is 10.6 Å². The lowest BCUT2D eigenvalue weighted by Crippen LogP contribution is -2.31. The molecule has 2 N–H and O–H groups in total.